The van der Waals surface area contributed by atoms with E-state index >= 15 is 0 Å². The Morgan fingerprint density at radius 1 is 1.32 bits per heavy atom. The number of para-hydroxylation sites is 1. The molecule has 0 radical (unpaired) electrons. The van der Waals surface area contributed by atoms with E-state index in [0.29, 0.717) is 5.69 Å². The molecule has 0 spiro atoms. The van der Waals surface area contributed by atoms with Crippen LogP contribution >= 0.6 is 0 Å². The number of carbonyl (C=O) groups is 1. The third-order valence-electron chi connectivity index (χ3n) is 2.02. The lowest BCUT2D eigenvalue weighted by Gasteiger charge is -2.14. The summed E-state index contributed by atoms with van der Waals surface area (Å²) in [5.74, 6) is -0.729. The maximum Gasteiger partial charge on any atom is 0.414 e. The van der Waals surface area contributed by atoms with Crippen molar-refractivity contribution in [3.63, 3.8) is 0 Å². The third-order valence-corrected chi connectivity index (χ3v) is 2.02. The summed E-state index contributed by atoms with van der Waals surface area (Å²) in [6.07, 6.45) is -4.48. The Morgan fingerprint density at radius 2 is 1.95 bits per heavy atom. The molecule has 0 heterocycles. The Labute approximate surface area is 108 Å². The highest BCUT2D eigenvalue weighted by atomic mass is 19.4. The first-order valence-electron chi connectivity index (χ1n) is 5.64. The van der Waals surface area contributed by atoms with Crippen LogP contribution in [0.4, 0.5) is 18.9 Å². The zero-order chi connectivity index (χ0) is 14.5. The number of hydrogen-bond donors (Lipinski definition) is 2. The Kier molecular flexibility index (Phi) is 5.17. The molecule has 0 saturated heterocycles. The van der Waals surface area contributed by atoms with E-state index in [2.05, 4.69) is 10.2 Å². The van der Waals surface area contributed by atoms with Crippen LogP contribution in [0.5, 0.6) is 0 Å². The number of rotatable bonds is 5. The second kappa shape index (κ2) is 6.42. The zero-order valence-electron chi connectivity index (χ0n) is 10.5. The van der Waals surface area contributed by atoms with Crippen molar-refractivity contribution in [2.75, 3.05) is 11.9 Å². The van der Waals surface area contributed by atoms with Crippen LogP contribution in [0, 0.1) is 0 Å². The van der Waals surface area contributed by atoms with Gasteiger partial charge in [-0.25, -0.2) is 5.48 Å². The highest BCUT2D eigenvalue weighted by molar-refractivity contribution is 5.99. The fourth-order valence-corrected chi connectivity index (χ4v) is 1.36. The van der Waals surface area contributed by atoms with Crippen LogP contribution in [0.3, 0.4) is 0 Å². The first kappa shape index (κ1) is 15.3. The zero-order valence-corrected chi connectivity index (χ0v) is 10.5. The Morgan fingerprint density at radius 3 is 2.53 bits per heavy atom. The maximum absolute atomic E-state index is 11.9. The van der Waals surface area contributed by atoms with Crippen LogP contribution in [-0.4, -0.2) is 24.7 Å². The minimum Gasteiger partial charge on any atom is -0.382 e. The van der Waals surface area contributed by atoms with Gasteiger partial charge in [-0.3, -0.25) is 9.63 Å². The van der Waals surface area contributed by atoms with Gasteiger partial charge in [-0.1, -0.05) is 12.1 Å². The molecule has 1 aromatic rings. The summed E-state index contributed by atoms with van der Waals surface area (Å²) in [6.45, 7) is 2.24. The highest BCUT2D eigenvalue weighted by Crippen LogP contribution is 2.17. The van der Waals surface area contributed by atoms with Crippen molar-refractivity contribution in [2.24, 2.45) is 0 Å². The molecule has 2 N–H and O–H groups in total. The normalized spacial score (nSPS) is 11.5. The van der Waals surface area contributed by atoms with Gasteiger partial charge in [0.15, 0.2) is 6.61 Å². The van der Waals surface area contributed by atoms with Gasteiger partial charge < -0.3 is 5.32 Å². The van der Waals surface area contributed by atoms with E-state index in [0.717, 1.165) is 0 Å². The van der Waals surface area contributed by atoms with Crippen LogP contribution in [0.25, 0.3) is 0 Å². The summed E-state index contributed by atoms with van der Waals surface area (Å²) in [6, 6.07) is 6.59. The van der Waals surface area contributed by atoms with Crippen molar-refractivity contribution in [3.8, 4) is 0 Å². The number of amides is 1. The molecule has 1 aromatic carbocycles. The predicted octanol–water partition coefficient (Wildman–Crippen LogP) is 2.73. The molecule has 0 saturated carbocycles. The fourth-order valence-electron chi connectivity index (χ4n) is 1.36. The fraction of sp³-hybridized carbons (Fsp3) is 0.417. The van der Waals surface area contributed by atoms with Crippen molar-refractivity contribution in [1.82, 2.24) is 5.48 Å². The maximum atomic E-state index is 11.9. The minimum absolute atomic E-state index is 0.0880. The molecule has 1 amide bonds. The largest absolute Gasteiger partial charge is 0.414 e. The van der Waals surface area contributed by atoms with Gasteiger partial charge in [-0.05, 0) is 26.0 Å². The summed E-state index contributed by atoms with van der Waals surface area (Å²) in [5.41, 5.74) is 2.52. The van der Waals surface area contributed by atoms with Crippen LogP contribution in [-0.2, 0) is 4.84 Å². The van der Waals surface area contributed by atoms with Crippen molar-refractivity contribution in [1.29, 1.82) is 0 Å². The summed E-state index contributed by atoms with van der Waals surface area (Å²) >= 11 is 0. The summed E-state index contributed by atoms with van der Waals surface area (Å²) in [4.78, 5) is 15.8. The molecule has 0 aromatic heterocycles. The van der Waals surface area contributed by atoms with E-state index in [1.807, 2.05) is 13.8 Å². The lowest BCUT2D eigenvalue weighted by molar-refractivity contribution is -0.184. The van der Waals surface area contributed by atoms with Crippen molar-refractivity contribution in [2.45, 2.75) is 26.1 Å². The minimum atomic E-state index is -4.48. The molecular formula is C12H15F3N2O2. The van der Waals surface area contributed by atoms with E-state index in [1.165, 1.54) is 6.07 Å². The number of halogens is 3. The van der Waals surface area contributed by atoms with Crippen LogP contribution < -0.4 is 10.8 Å². The predicted molar refractivity (Wildman–Crippen MR) is 64.7 cm³/mol. The van der Waals surface area contributed by atoms with Gasteiger partial charge in [-0.15, -0.1) is 0 Å². The Bertz CT molecular complexity index is 433. The SMILES string of the molecule is CC(C)Nc1ccccc1C(=O)NOCC(F)(F)F. The van der Waals surface area contributed by atoms with Gasteiger partial charge in [0, 0.05) is 11.7 Å². The van der Waals surface area contributed by atoms with Crippen molar-refractivity contribution >= 4 is 11.6 Å². The van der Waals surface area contributed by atoms with Gasteiger partial charge in [0.05, 0.1) is 5.56 Å². The number of alkyl halides is 3. The van der Waals surface area contributed by atoms with Crippen LogP contribution in [0.2, 0.25) is 0 Å². The van der Waals surface area contributed by atoms with Crippen molar-refractivity contribution < 1.29 is 22.8 Å². The van der Waals surface area contributed by atoms with E-state index < -0.39 is 18.7 Å². The first-order valence-corrected chi connectivity index (χ1v) is 5.64. The standard InChI is InChI=1S/C12H15F3N2O2/c1-8(2)16-10-6-4-3-5-9(10)11(18)17-19-7-12(13,14)15/h3-6,8,16H,7H2,1-2H3,(H,17,18). The average molecular weight is 276 g/mol. The van der Waals surface area contributed by atoms with Crippen molar-refractivity contribution in [3.05, 3.63) is 29.8 Å². The molecule has 19 heavy (non-hydrogen) atoms. The molecule has 0 aliphatic carbocycles. The molecule has 7 heteroatoms. The molecule has 106 valence electrons. The molecule has 0 aliphatic heterocycles. The van der Waals surface area contributed by atoms with E-state index in [4.69, 9.17) is 0 Å². The topological polar surface area (TPSA) is 50.4 Å². The van der Waals surface area contributed by atoms with Gasteiger partial charge in [0.2, 0.25) is 0 Å². The smallest absolute Gasteiger partial charge is 0.382 e. The third kappa shape index (κ3) is 5.60. The number of anilines is 1. The first-order chi connectivity index (χ1) is 8.79. The number of hydrogen-bond acceptors (Lipinski definition) is 3. The quantitative estimate of drug-likeness (QED) is 0.813. The van der Waals surface area contributed by atoms with Gasteiger partial charge >= 0.3 is 6.18 Å². The summed E-state index contributed by atoms with van der Waals surface area (Å²) in [7, 11) is 0. The van der Waals surface area contributed by atoms with Crippen LogP contribution in [0.15, 0.2) is 24.3 Å². The van der Waals surface area contributed by atoms with E-state index in [-0.39, 0.29) is 11.6 Å². The highest BCUT2D eigenvalue weighted by Gasteiger charge is 2.28. The number of carbonyl (C=O) groups excluding carboxylic acids is 1. The lowest BCUT2D eigenvalue weighted by atomic mass is 10.1. The Balaban J connectivity index is 2.66. The molecule has 0 atom stereocenters. The monoisotopic (exact) mass is 276 g/mol. The number of nitrogens with one attached hydrogen (secondary N) is 2. The van der Waals surface area contributed by atoms with Gasteiger partial charge in [0.1, 0.15) is 0 Å². The molecule has 0 aliphatic rings. The average Bonchev–Trinajstić information content (AvgIpc) is 2.27. The molecular weight excluding hydrogens is 261 g/mol. The van der Waals surface area contributed by atoms with E-state index in [9.17, 15) is 18.0 Å². The van der Waals surface area contributed by atoms with E-state index in [1.54, 1.807) is 23.7 Å². The second-order valence-corrected chi connectivity index (χ2v) is 4.18. The summed E-state index contributed by atoms with van der Waals surface area (Å²) in [5, 5.41) is 3.02. The summed E-state index contributed by atoms with van der Waals surface area (Å²) < 4.78 is 35.6. The lowest BCUT2D eigenvalue weighted by Crippen LogP contribution is -2.30. The van der Waals surface area contributed by atoms with Crippen LogP contribution in [0.1, 0.15) is 24.2 Å². The number of benzene rings is 1. The molecule has 4 nitrogen and oxygen atoms in total. The van der Waals surface area contributed by atoms with Gasteiger partial charge in [0.25, 0.3) is 5.91 Å². The molecule has 1 rings (SSSR count). The molecule has 0 fully saturated rings. The molecule has 0 unspecified atom stereocenters. The Hall–Kier alpha value is -1.76. The molecule has 0 bridgehead atoms. The number of hydroxylamine groups is 1. The second-order valence-electron chi connectivity index (χ2n) is 4.18. The van der Waals surface area contributed by atoms with Gasteiger partial charge in [-0.2, -0.15) is 13.2 Å².